The topological polar surface area (TPSA) is 75.7 Å². The van der Waals surface area contributed by atoms with Crippen LogP contribution in [0.5, 0.6) is 5.75 Å². The zero-order chi connectivity index (χ0) is 20.9. The van der Waals surface area contributed by atoms with Gasteiger partial charge in [0.1, 0.15) is 18.9 Å². The molecule has 0 unspecified atom stereocenters. The quantitative estimate of drug-likeness (QED) is 0.676. The van der Waals surface area contributed by atoms with Gasteiger partial charge in [0.25, 0.3) is 0 Å². The van der Waals surface area contributed by atoms with Gasteiger partial charge < -0.3 is 10.1 Å². The lowest BCUT2D eigenvalue weighted by Gasteiger charge is -2.22. The molecule has 2 rings (SSSR count). The number of amides is 1. The van der Waals surface area contributed by atoms with Crippen molar-refractivity contribution in [3.05, 3.63) is 59.2 Å². The van der Waals surface area contributed by atoms with Gasteiger partial charge in [0.05, 0.1) is 18.5 Å². The molecule has 0 fully saturated rings. The summed E-state index contributed by atoms with van der Waals surface area (Å²) in [5.74, 6) is -2.21. The van der Waals surface area contributed by atoms with E-state index in [4.69, 9.17) is 4.74 Å². The Morgan fingerprint density at radius 2 is 1.82 bits per heavy atom. The first-order chi connectivity index (χ1) is 13.1. The Bertz CT molecular complexity index is 964. The Labute approximate surface area is 163 Å². The SMILES string of the molecule is Cc1ccc(OCCNC(=O)CN(c2ccc(F)c(F)c2)S(C)(=O)=O)c(C)c1. The van der Waals surface area contributed by atoms with Crippen molar-refractivity contribution in [3.63, 3.8) is 0 Å². The van der Waals surface area contributed by atoms with Crippen LogP contribution >= 0.6 is 0 Å². The summed E-state index contributed by atoms with van der Waals surface area (Å²) in [6.07, 6.45) is 0.880. The highest BCUT2D eigenvalue weighted by molar-refractivity contribution is 7.92. The summed E-state index contributed by atoms with van der Waals surface area (Å²) in [6.45, 7) is 3.67. The molecule has 0 spiro atoms. The van der Waals surface area contributed by atoms with Crippen molar-refractivity contribution < 1.29 is 26.7 Å². The summed E-state index contributed by atoms with van der Waals surface area (Å²) in [5, 5.41) is 2.54. The van der Waals surface area contributed by atoms with Gasteiger partial charge >= 0.3 is 0 Å². The number of carbonyl (C=O) groups excluding carboxylic acids is 1. The fourth-order valence-electron chi connectivity index (χ4n) is 2.54. The predicted molar refractivity (Wildman–Crippen MR) is 103 cm³/mol. The van der Waals surface area contributed by atoms with E-state index in [1.807, 2.05) is 32.0 Å². The van der Waals surface area contributed by atoms with E-state index in [0.717, 1.165) is 35.6 Å². The average molecular weight is 412 g/mol. The maximum absolute atomic E-state index is 13.4. The van der Waals surface area contributed by atoms with E-state index in [1.54, 1.807) is 0 Å². The number of hydrogen-bond acceptors (Lipinski definition) is 4. The molecule has 28 heavy (non-hydrogen) atoms. The van der Waals surface area contributed by atoms with Gasteiger partial charge in [-0.1, -0.05) is 17.7 Å². The Morgan fingerprint density at radius 3 is 2.43 bits per heavy atom. The summed E-state index contributed by atoms with van der Waals surface area (Å²) in [6, 6.07) is 8.34. The van der Waals surface area contributed by atoms with E-state index in [1.165, 1.54) is 0 Å². The van der Waals surface area contributed by atoms with E-state index >= 15 is 0 Å². The van der Waals surface area contributed by atoms with Gasteiger partial charge in [0.2, 0.25) is 15.9 Å². The number of halogens is 2. The summed E-state index contributed by atoms with van der Waals surface area (Å²) in [7, 11) is -3.87. The minimum Gasteiger partial charge on any atom is -0.491 e. The lowest BCUT2D eigenvalue weighted by molar-refractivity contribution is -0.119. The minimum absolute atomic E-state index is 0.136. The fourth-order valence-corrected chi connectivity index (χ4v) is 3.39. The molecule has 0 aromatic heterocycles. The van der Waals surface area contributed by atoms with Crippen LogP contribution in [0.25, 0.3) is 0 Å². The van der Waals surface area contributed by atoms with Gasteiger partial charge in [0, 0.05) is 6.07 Å². The van der Waals surface area contributed by atoms with Crippen molar-refractivity contribution in [1.82, 2.24) is 5.32 Å². The van der Waals surface area contributed by atoms with Gasteiger partial charge in [-0.05, 0) is 37.6 Å². The molecule has 152 valence electrons. The third-order valence-electron chi connectivity index (χ3n) is 3.89. The van der Waals surface area contributed by atoms with E-state index in [-0.39, 0.29) is 18.8 Å². The van der Waals surface area contributed by atoms with E-state index in [2.05, 4.69) is 5.32 Å². The minimum atomic E-state index is -3.87. The number of hydrogen-bond donors (Lipinski definition) is 1. The second-order valence-electron chi connectivity index (χ2n) is 6.34. The molecule has 0 saturated heterocycles. The number of ether oxygens (including phenoxy) is 1. The molecule has 6 nitrogen and oxygen atoms in total. The molecule has 2 aromatic carbocycles. The number of anilines is 1. The monoisotopic (exact) mass is 412 g/mol. The maximum atomic E-state index is 13.4. The summed E-state index contributed by atoms with van der Waals surface area (Å²) >= 11 is 0. The maximum Gasteiger partial charge on any atom is 0.240 e. The van der Waals surface area contributed by atoms with Gasteiger partial charge in [-0.2, -0.15) is 0 Å². The van der Waals surface area contributed by atoms with Gasteiger partial charge in [0.15, 0.2) is 11.6 Å². The number of rotatable bonds is 8. The predicted octanol–water partition coefficient (Wildman–Crippen LogP) is 2.54. The largest absolute Gasteiger partial charge is 0.491 e. The van der Waals surface area contributed by atoms with Crippen molar-refractivity contribution in [1.29, 1.82) is 0 Å². The van der Waals surface area contributed by atoms with Crippen molar-refractivity contribution in [2.75, 3.05) is 30.3 Å². The summed E-state index contributed by atoms with van der Waals surface area (Å²) in [4.78, 5) is 12.1. The molecule has 2 aromatic rings. The molecule has 0 radical (unpaired) electrons. The Balaban J connectivity index is 1.94. The summed E-state index contributed by atoms with van der Waals surface area (Å²) < 4.78 is 56.7. The molecule has 9 heteroatoms. The number of sulfonamides is 1. The molecule has 0 bridgehead atoms. The molecule has 0 aliphatic rings. The van der Waals surface area contributed by atoms with Gasteiger partial charge in [-0.3, -0.25) is 9.10 Å². The first-order valence-corrected chi connectivity index (χ1v) is 10.3. The Hall–Kier alpha value is -2.68. The van der Waals surface area contributed by atoms with Crippen LogP contribution in [0.2, 0.25) is 0 Å². The molecule has 1 N–H and O–H groups in total. The average Bonchev–Trinajstić information content (AvgIpc) is 2.59. The van der Waals surface area contributed by atoms with Crippen molar-refractivity contribution in [2.24, 2.45) is 0 Å². The van der Waals surface area contributed by atoms with Crippen LogP contribution in [-0.4, -0.2) is 40.3 Å². The van der Waals surface area contributed by atoms with Crippen LogP contribution in [0.4, 0.5) is 14.5 Å². The highest BCUT2D eigenvalue weighted by atomic mass is 32.2. The molecule has 0 saturated carbocycles. The van der Waals surface area contributed by atoms with Gasteiger partial charge in [-0.25, -0.2) is 17.2 Å². The number of nitrogens with one attached hydrogen (secondary N) is 1. The van der Waals surface area contributed by atoms with Gasteiger partial charge in [-0.15, -0.1) is 0 Å². The first-order valence-electron chi connectivity index (χ1n) is 8.47. The highest BCUT2D eigenvalue weighted by Gasteiger charge is 2.22. The number of carbonyl (C=O) groups is 1. The van der Waals surface area contributed by atoms with Crippen LogP contribution in [-0.2, 0) is 14.8 Å². The van der Waals surface area contributed by atoms with E-state index in [9.17, 15) is 22.0 Å². The number of aryl methyl sites for hydroxylation is 2. The lowest BCUT2D eigenvalue weighted by atomic mass is 10.1. The molecular weight excluding hydrogens is 390 g/mol. The third-order valence-corrected chi connectivity index (χ3v) is 5.03. The molecule has 0 aliphatic carbocycles. The van der Waals surface area contributed by atoms with Crippen LogP contribution in [0.3, 0.4) is 0 Å². The van der Waals surface area contributed by atoms with Crippen LogP contribution in [0.15, 0.2) is 36.4 Å². The molecule has 0 heterocycles. The lowest BCUT2D eigenvalue weighted by Crippen LogP contribution is -2.41. The fraction of sp³-hybridized carbons (Fsp3) is 0.316. The second-order valence-corrected chi connectivity index (χ2v) is 8.24. The van der Waals surface area contributed by atoms with Crippen LogP contribution in [0.1, 0.15) is 11.1 Å². The molecule has 1 amide bonds. The molecule has 0 atom stereocenters. The Morgan fingerprint density at radius 1 is 1.11 bits per heavy atom. The standard InChI is InChI=1S/C19H22F2N2O4S/c1-13-4-7-18(14(2)10-13)27-9-8-22-19(24)12-23(28(3,25)26)15-5-6-16(20)17(21)11-15/h4-7,10-11H,8-9,12H2,1-3H3,(H,22,24). The van der Waals surface area contributed by atoms with Crippen molar-refractivity contribution in [2.45, 2.75) is 13.8 Å². The van der Waals surface area contributed by atoms with Crippen molar-refractivity contribution >= 4 is 21.6 Å². The summed E-state index contributed by atoms with van der Waals surface area (Å²) in [5.41, 5.74) is 1.94. The molecule has 0 aliphatic heterocycles. The highest BCUT2D eigenvalue weighted by Crippen LogP contribution is 2.20. The molecular formula is C19H22F2N2O4S. The van der Waals surface area contributed by atoms with Crippen LogP contribution < -0.4 is 14.4 Å². The normalized spacial score (nSPS) is 11.2. The van der Waals surface area contributed by atoms with Crippen LogP contribution in [0, 0.1) is 25.5 Å². The smallest absolute Gasteiger partial charge is 0.240 e. The zero-order valence-electron chi connectivity index (χ0n) is 15.8. The Kier molecular flexibility index (Phi) is 6.95. The van der Waals surface area contributed by atoms with Crippen molar-refractivity contribution in [3.8, 4) is 5.75 Å². The first kappa shape index (κ1) is 21.6. The third kappa shape index (κ3) is 5.91. The second kappa shape index (κ2) is 9.01. The zero-order valence-corrected chi connectivity index (χ0v) is 16.6. The number of benzene rings is 2. The number of nitrogens with zero attached hydrogens (tertiary/aromatic N) is 1. The van der Waals surface area contributed by atoms with E-state index in [0.29, 0.717) is 10.1 Å². The van der Waals surface area contributed by atoms with E-state index < -0.39 is 34.1 Å².